The van der Waals surface area contributed by atoms with Crippen LogP contribution in [0.15, 0.2) is 22.7 Å². The number of morpholine rings is 1. The molecule has 108 valence electrons. The van der Waals surface area contributed by atoms with Gasteiger partial charge in [0, 0.05) is 36.7 Å². The molecule has 2 heterocycles. The van der Waals surface area contributed by atoms with Gasteiger partial charge in [0.1, 0.15) is 11.3 Å². The summed E-state index contributed by atoms with van der Waals surface area (Å²) in [5.41, 5.74) is 0.460. The minimum Gasteiger partial charge on any atom is -0.378 e. The molecule has 0 aliphatic carbocycles. The summed E-state index contributed by atoms with van der Waals surface area (Å²) in [6, 6.07) is 5.16. The van der Waals surface area contributed by atoms with Crippen molar-refractivity contribution in [1.29, 1.82) is 0 Å². The van der Waals surface area contributed by atoms with Crippen LogP contribution < -0.4 is 4.90 Å². The fourth-order valence-electron chi connectivity index (χ4n) is 2.79. The maximum Gasteiger partial charge on any atom is 0.293 e. The van der Waals surface area contributed by atoms with E-state index >= 15 is 0 Å². The van der Waals surface area contributed by atoms with Gasteiger partial charge < -0.3 is 14.4 Å². The van der Waals surface area contributed by atoms with E-state index in [1.807, 2.05) is 11.0 Å². The number of benzene rings is 1. The van der Waals surface area contributed by atoms with Crippen LogP contribution in [0.4, 0.5) is 11.4 Å². The third kappa shape index (κ3) is 2.53. The van der Waals surface area contributed by atoms with Gasteiger partial charge >= 0.3 is 0 Å². The van der Waals surface area contributed by atoms with E-state index in [2.05, 4.69) is 15.9 Å². The molecule has 0 N–H and O–H groups in total. The Morgan fingerprint density at radius 2 is 2.25 bits per heavy atom. The number of anilines is 1. The molecule has 2 aliphatic rings. The van der Waals surface area contributed by atoms with Gasteiger partial charge in [0.15, 0.2) is 0 Å². The summed E-state index contributed by atoms with van der Waals surface area (Å²) < 4.78 is 12.0. The van der Waals surface area contributed by atoms with Crippen LogP contribution in [-0.4, -0.2) is 43.4 Å². The first-order valence-corrected chi connectivity index (χ1v) is 7.30. The maximum atomic E-state index is 11.2. The molecule has 1 atom stereocenters. The minimum atomic E-state index is -0.340. The molecule has 1 unspecified atom stereocenters. The predicted molar refractivity (Wildman–Crippen MR) is 77.1 cm³/mol. The van der Waals surface area contributed by atoms with Crippen LogP contribution >= 0.6 is 15.9 Å². The van der Waals surface area contributed by atoms with E-state index in [1.165, 1.54) is 0 Å². The topological polar surface area (TPSA) is 64.8 Å². The summed E-state index contributed by atoms with van der Waals surface area (Å²) in [5, 5.41) is 11.2. The molecular formula is C13H15BrN2O4. The normalized spacial score (nSPS) is 26.1. The van der Waals surface area contributed by atoms with Gasteiger partial charge in [-0.1, -0.05) is 15.9 Å². The molecule has 0 radical (unpaired) electrons. The van der Waals surface area contributed by atoms with Crippen molar-refractivity contribution in [2.45, 2.75) is 12.0 Å². The summed E-state index contributed by atoms with van der Waals surface area (Å²) in [6.45, 7) is 3.11. The molecule has 0 bridgehead atoms. The van der Waals surface area contributed by atoms with E-state index in [-0.39, 0.29) is 16.2 Å². The lowest BCUT2D eigenvalue weighted by molar-refractivity contribution is -0.384. The van der Waals surface area contributed by atoms with Crippen molar-refractivity contribution in [2.75, 3.05) is 37.8 Å². The lowest BCUT2D eigenvalue weighted by Gasteiger charge is -2.40. The van der Waals surface area contributed by atoms with Crippen LogP contribution in [-0.2, 0) is 9.47 Å². The Hall–Kier alpha value is -1.18. The highest BCUT2D eigenvalue weighted by atomic mass is 79.9. The van der Waals surface area contributed by atoms with Gasteiger partial charge in [0.2, 0.25) is 0 Å². The highest BCUT2D eigenvalue weighted by molar-refractivity contribution is 9.10. The Bertz CT molecular complexity index is 531. The van der Waals surface area contributed by atoms with Crippen molar-refractivity contribution in [2.24, 2.45) is 0 Å². The Labute approximate surface area is 124 Å². The first kappa shape index (κ1) is 13.8. The number of rotatable bonds is 2. The monoisotopic (exact) mass is 342 g/mol. The predicted octanol–water partition coefficient (Wildman–Crippen LogP) is 2.35. The summed E-state index contributed by atoms with van der Waals surface area (Å²) in [4.78, 5) is 12.9. The Morgan fingerprint density at radius 1 is 1.40 bits per heavy atom. The van der Waals surface area contributed by atoms with Crippen molar-refractivity contribution in [3.05, 3.63) is 32.8 Å². The first-order chi connectivity index (χ1) is 9.60. The van der Waals surface area contributed by atoms with Crippen LogP contribution in [0.3, 0.4) is 0 Å². The van der Waals surface area contributed by atoms with E-state index in [0.29, 0.717) is 43.1 Å². The second kappa shape index (κ2) is 5.31. The highest BCUT2D eigenvalue weighted by Gasteiger charge is 2.41. The number of halogens is 1. The van der Waals surface area contributed by atoms with Gasteiger partial charge in [-0.3, -0.25) is 10.1 Å². The summed E-state index contributed by atoms with van der Waals surface area (Å²) in [6.07, 6.45) is 0.841. The third-order valence-electron chi connectivity index (χ3n) is 3.79. The Balaban J connectivity index is 1.90. The molecule has 6 nitrogen and oxygen atoms in total. The molecule has 2 fully saturated rings. The average Bonchev–Trinajstić information content (AvgIpc) is 2.86. The second-order valence-electron chi connectivity index (χ2n) is 5.15. The zero-order valence-corrected chi connectivity index (χ0v) is 12.5. The Morgan fingerprint density at radius 3 is 2.95 bits per heavy atom. The van der Waals surface area contributed by atoms with Crippen LogP contribution in [0.2, 0.25) is 0 Å². The molecule has 1 aromatic carbocycles. The smallest absolute Gasteiger partial charge is 0.293 e. The number of nitrogens with zero attached hydrogens (tertiary/aromatic N) is 2. The van der Waals surface area contributed by atoms with Gasteiger partial charge in [-0.05, 0) is 12.1 Å². The fraction of sp³-hybridized carbons (Fsp3) is 0.538. The van der Waals surface area contributed by atoms with Crippen molar-refractivity contribution >= 4 is 27.3 Å². The van der Waals surface area contributed by atoms with Gasteiger partial charge in [0.05, 0.1) is 18.1 Å². The molecular weight excluding hydrogens is 328 g/mol. The van der Waals surface area contributed by atoms with E-state index in [9.17, 15) is 10.1 Å². The number of nitro groups is 1. The second-order valence-corrected chi connectivity index (χ2v) is 6.06. The first-order valence-electron chi connectivity index (χ1n) is 6.50. The van der Waals surface area contributed by atoms with Crippen LogP contribution in [0.5, 0.6) is 0 Å². The number of hydrogen-bond donors (Lipinski definition) is 0. The van der Waals surface area contributed by atoms with Crippen LogP contribution in [0.1, 0.15) is 6.42 Å². The molecule has 0 amide bonds. The highest BCUT2D eigenvalue weighted by Crippen LogP contribution is 2.35. The molecule has 20 heavy (non-hydrogen) atoms. The molecule has 2 aliphatic heterocycles. The summed E-state index contributed by atoms with van der Waals surface area (Å²) in [7, 11) is 0. The fourth-order valence-corrected chi connectivity index (χ4v) is 3.14. The zero-order valence-electron chi connectivity index (χ0n) is 10.9. The van der Waals surface area contributed by atoms with Crippen molar-refractivity contribution < 1.29 is 14.4 Å². The van der Waals surface area contributed by atoms with E-state index in [4.69, 9.17) is 9.47 Å². The molecule has 7 heteroatoms. The third-order valence-corrected chi connectivity index (χ3v) is 4.28. The SMILES string of the molecule is O=[N+]([O-])c1cc(Br)ccc1N1CCOC2(CCOC2)C1. The van der Waals surface area contributed by atoms with Gasteiger partial charge in [-0.25, -0.2) is 0 Å². The average molecular weight is 343 g/mol. The van der Waals surface area contributed by atoms with Gasteiger partial charge in [0.25, 0.3) is 5.69 Å². The Kier molecular flexibility index (Phi) is 3.66. The standard InChI is InChI=1S/C13H15BrN2O4/c14-10-1-2-11(12(7-10)16(17)18)15-4-6-20-13(8-15)3-5-19-9-13/h1-2,7H,3-6,8-9H2. The molecule has 3 rings (SSSR count). The van der Waals surface area contributed by atoms with E-state index < -0.39 is 0 Å². The largest absolute Gasteiger partial charge is 0.378 e. The molecule has 0 aromatic heterocycles. The van der Waals surface area contributed by atoms with Crippen molar-refractivity contribution in [3.63, 3.8) is 0 Å². The minimum absolute atomic E-state index is 0.121. The van der Waals surface area contributed by atoms with Gasteiger partial charge in [-0.15, -0.1) is 0 Å². The van der Waals surface area contributed by atoms with Crippen molar-refractivity contribution in [1.82, 2.24) is 0 Å². The van der Waals surface area contributed by atoms with E-state index in [1.54, 1.807) is 12.1 Å². The molecule has 1 spiro atoms. The van der Waals surface area contributed by atoms with Gasteiger partial charge in [-0.2, -0.15) is 0 Å². The quantitative estimate of drug-likeness (QED) is 0.609. The molecule has 1 aromatic rings. The lowest BCUT2D eigenvalue weighted by Crippen LogP contribution is -2.52. The zero-order chi connectivity index (χ0) is 14.2. The van der Waals surface area contributed by atoms with E-state index in [0.717, 1.165) is 6.42 Å². The number of hydrogen-bond acceptors (Lipinski definition) is 5. The molecule has 0 saturated carbocycles. The molecule has 2 saturated heterocycles. The van der Waals surface area contributed by atoms with Crippen LogP contribution in [0, 0.1) is 10.1 Å². The summed E-state index contributed by atoms with van der Waals surface area (Å²) >= 11 is 3.28. The lowest BCUT2D eigenvalue weighted by atomic mass is 10.00. The van der Waals surface area contributed by atoms with Crippen LogP contribution in [0.25, 0.3) is 0 Å². The maximum absolute atomic E-state index is 11.2. The number of nitro benzene ring substituents is 1. The number of ether oxygens (including phenoxy) is 2. The summed E-state index contributed by atoms with van der Waals surface area (Å²) in [5.74, 6) is 0. The van der Waals surface area contributed by atoms with Crippen molar-refractivity contribution in [3.8, 4) is 0 Å².